The van der Waals surface area contributed by atoms with Crippen molar-refractivity contribution in [1.29, 1.82) is 0 Å². The summed E-state index contributed by atoms with van der Waals surface area (Å²) in [5.41, 5.74) is 6.01. The van der Waals surface area contributed by atoms with Crippen LogP contribution in [-0.4, -0.2) is 49.6 Å². The zero-order chi connectivity index (χ0) is 19.0. The van der Waals surface area contributed by atoms with Gasteiger partial charge in [-0.15, -0.1) is 0 Å². The van der Waals surface area contributed by atoms with Crippen molar-refractivity contribution >= 4 is 11.9 Å². The summed E-state index contributed by atoms with van der Waals surface area (Å²) in [4.78, 5) is 18.4. The molecule has 1 aromatic carbocycles. The molecule has 1 atom stereocenters. The molecule has 1 fully saturated rings. The lowest BCUT2D eigenvalue weighted by Crippen LogP contribution is -2.42. The summed E-state index contributed by atoms with van der Waals surface area (Å²) in [6.45, 7) is 10.1. The van der Waals surface area contributed by atoms with Gasteiger partial charge >= 0.3 is 0 Å². The molecule has 1 unspecified atom stereocenters. The second-order valence-corrected chi connectivity index (χ2v) is 7.52. The van der Waals surface area contributed by atoms with E-state index in [1.165, 1.54) is 5.56 Å². The molecule has 0 spiro atoms. The molecule has 1 heterocycles. The lowest BCUT2D eigenvalue weighted by Gasteiger charge is -2.24. The zero-order valence-electron chi connectivity index (χ0n) is 16.2. The van der Waals surface area contributed by atoms with Crippen LogP contribution in [0.25, 0.3) is 0 Å². The Kier molecular flexibility index (Phi) is 7.45. The second-order valence-electron chi connectivity index (χ2n) is 7.52. The predicted molar refractivity (Wildman–Crippen MR) is 105 cm³/mol. The van der Waals surface area contributed by atoms with Crippen LogP contribution >= 0.6 is 0 Å². The fraction of sp³-hybridized carbons (Fsp3) is 0.600. The van der Waals surface area contributed by atoms with Crippen molar-refractivity contribution in [1.82, 2.24) is 10.2 Å². The molecule has 6 heteroatoms. The summed E-state index contributed by atoms with van der Waals surface area (Å²) in [5, 5.41) is 3.32. The van der Waals surface area contributed by atoms with Gasteiger partial charge in [0.1, 0.15) is 0 Å². The first-order valence-electron chi connectivity index (χ1n) is 9.37. The molecule has 1 amide bonds. The largest absolute Gasteiger partial charge is 0.376 e. The van der Waals surface area contributed by atoms with Crippen LogP contribution in [0.15, 0.2) is 35.3 Å². The van der Waals surface area contributed by atoms with Crippen LogP contribution in [-0.2, 0) is 16.1 Å². The Balaban J connectivity index is 1.84. The van der Waals surface area contributed by atoms with E-state index >= 15 is 0 Å². The number of aliphatic imine (C=N–C) groups is 1. The highest BCUT2D eigenvalue weighted by molar-refractivity contribution is 5.82. The minimum Gasteiger partial charge on any atom is -0.376 e. The van der Waals surface area contributed by atoms with Crippen LogP contribution < -0.4 is 11.1 Å². The van der Waals surface area contributed by atoms with E-state index in [1.54, 1.807) is 0 Å². The van der Waals surface area contributed by atoms with Gasteiger partial charge in [0.15, 0.2) is 5.96 Å². The maximum atomic E-state index is 11.5. The number of carbonyl (C=O) groups is 1. The number of hydrogen-bond acceptors (Lipinski definition) is 3. The molecular formula is C20H32N4O2. The molecule has 26 heavy (non-hydrogen) atoms. The molecule has 0 aromatic heterocycles. The van der Waals surface area contributed by atoms with E-state index in [0.29, 0.717) is 19.1 Å². The smallest absolute Gasteiger partial charge is 0.224 e. The van der Waals surface area contributed by atoms with Crippen molar-refractivity contribution in [2.45, 2.75) is 33.8 Å². The molecule has 0 saturated carbocycles. The second kappa shape index (κ2) is 9.57. The number of hydrogen-bond donors (Lipinski definition) is 2. The third-order valence-corrected chi connectivity index (χ3v) is 4.68. The highest BCUT2D eigenvalue weighted by Crippen LogP contribution is 2.19. The van der Waals surface area contributed by atoms with Crippen molar-refractivity contribution < 1.29 is 9.53 Å². The number of guanidine groups is 1. The van der Waals surface area contributed by atoms with Gasteiger partial charge in [-0.05, 0) is 32.8 Å². The molecule has 2 rings (SSSR count). The number of primary amides is 1. The van der Waals surface area contributed by atoms with Gasteiger partial charge in [-0.3, -0.25) is 9.79 Å². The molecule has 144 valence electrons. The van der Waals surface area contributed by atoms with E-state index in [4.69, 9.17) is 10.5 Å². The normalized spacial score (nSPS) is 18.2. The summed E-state index contributed by atoms with van der Waals surface area (Å²) in [6, 6.07) is 10.2. The quantitative estimate of drug-likeness (QED) is 0.549. The molecule has 1 aromatic rings. The van der Waals surface area contributed by atoms with Crippen LogP contribution in [0, 0.1) is 11.3 Å². The maximum Gasteiger partial charge on any atom is 0.224 e. The first-order valence-corrected chi connectivity index (χ1v) is 9.37. The van der Waals surface area contributed by atoms with E-state index in [-0.39, 0.29) is 5.91 Å². The number of benzene rings is 1. The lowest BCUT2D eigenvalue weighted by atomic mass is 9.93. The average molecular weight is 361 g/mol. The van der Waals surface area contributed by atoms with Gasteiger partial charge in [-0.1, -0.05) is 30.3 Å². The number of nitrogens with one attached hydrogen (secondary N) is 1. The van der Waals surface area contributed by atoms with E-state index in [1.807, 2.05) is 39.0 Å². The summed E-state index contributed by atoms with van der Waals surface area (Å²) in [7, 11) is 0. The highest BCUT2D eigenvalue weighted by Gasteiger charge is 2.28. The van der Waals surface area contributed by atoms with Crippen LogP contribution in [0.5, 0.6) is 0 Å². The molecule has 1 aliphatic heterocycles. The van der Waals surface area contributed by atoms with E-state index in [2.05, 4.69) is 27.3 Å². The van der Waals surface area contributed by atoms with Crippen molar-refractivity contribution in [3.05, 3.63) is 35.9 Å². The number of likely N-dealkylation sites (tertiary alicyclic amines) is 1. The van der Waals surface area contributed by atoms with Gasteiger partial charge in [0, 0.05) is 25.6 Å². The minimum absolute atomic E-state index is 0.328. The van der Waals surface area contributed by atoms with Crippen LogP contribution in [0.1, 0.15) is 32.8 Å². The molecule has 0 bridgehead atoms. The predicted octanol–water partition coefficient (Wildman–Crippen LogP) is 2.00. The molecule has 0 aliphatic carbocycles. The first-order chi connectivity index (χ1) is 12.4. The molecule has 6 nitrogen and oxygen atoms in total. The monoisotopic (exact) mass is 360 g/mol. The number of rotatable bonds is 8. The van der Waals surface area contributed by atoms with E-state index in [0.717, 1.165) is 38.6 Å². The number of carbonyl (C=O) groups excluding carboxylic acids is 1. The number of nitrogens with two attached hydrogens (primary N) is 1. The standard InChI is InChI=1S/C20H32N4O2/c1-4-22-19(23-15-20(2,3)18(21)25)24-11-10-17(12-24)14-26-13-16-8-6-5-7-9-16/h5-9,17H,4,10-15H2,1-3H3,(H2,21,25)(H,22,23). The third kappa shape index (κ3) is 6.02. The Labute approximate surface area is 156 Å². The van der Waals surface area contributed by atoms with Crippen molar-refractivity contribution in [2.75, 3.05) is 32.8 Å². The topological polar surface area (TPSA) is 79.9 Å². The van der Waals surface area contributed by atoms with Gasteiger partial charge < -0.3 is 20.7 Å². The minimum atomic E-state index is -0.640. The lowest BCUT2D eigenvalue weighted by molar-refractivity contribution is -0.125. The van der Waals surface area contributed by atoms with Crippen molar-refractivity contribution in [3.63, 3.8) is 0 Å². The molecule has 1 aliphatic rings. The summed E-state index contributed by atoms with van der Waals surface area (Å²) in [6.07, 6.45) is 1.08. The number of amides is 1. The van der Waals surface area contributed by atoms with E-state index in [9.17, 15) is 4.79 Å². The Morgan fingerprint density at radius 1 is 1.38 bits per heavy atom. The van der Waals surface area contributed by atoms with Crippen LogP contribution in [0.3, 0.4) is 0 Å². The van der Waals surface area contributed by atoms with Gasteiger partial charge in [-0.25, -0.2) is 0 Å². The molecular weight excluding hydrogens is 328 g/mol. The van der Waals surface area contributed by atoms with Crippen molar-refractivity contribution in [2.24, 2.45) is 22.1 Å². The average Bonchev–Trinajstić information content (AvgIpc) is 3.08. The van der Waals surface area contributed by atoms with Gasteiger partial charge in [0.2, 0.25) is 5.91 Å². The molecule has 0 radical (unpaired) electrons. The van der Waals surface area contributed by atoms with E-state index < -0.39 is 5.41 Å². The van der Waals surface area contributed by atoms with Crippen molar-refractivity contribution in [3.8, 4) is 0 Å². The Morgan fingerprint density at radius 3 is 2.77 bits per heavy atom. The maximum absolute atomic E-state index is 11.5. The van der Waals surface area contributed by atoms with Crippen LogP contribution in [0.4, 0.5) is 0 Å². The summed E-state index contributed by atoms with van der Waals surface area (Å²) < 4.78 is 5.89. The summed E-state index contributed by atoms with van der Waals surface area (Å²) >= 11 is 0. The number of nitrogens with zero attached hydrogens (tertiary/aromatic N) is 2. The highest BCUT2D eigenvalue weighted by atomic mass is 16.5. The third-order valence-electron chi connectivity index (χ3n) is 4.68. The van der Waals surface area contributed by atoms with Gasteiger partial charge in [0.25, 0.3) is 0 Å². The molecule has 1 saturated heterocycles. The SMILES string of the molecule is CCNC(=NCC(C)(C)C(N)=O)N1CCC(COCc2ccccc2)C1. The van der Waals surface area contributed by atoms with Crippen LogP contribution in [0.2, 0.25) is 0 Å². The summed E-state index contributed by atoms with van der Waals surface area (Å²) in [5.74, 6) is 1.02. The number of ether oxygens (including phenoxy) is 1. The van der Waals surface area contributed by atoms with Gasteiger partial charge in [-0.2, -0.15) is 0 Å². The Bertz CT molecular complexity index is 601. The fourth-order valence-electron chi connectivity index (χ4n) is 2.86. The first kappa shape index (κ1) is 20.2. The Hall–Kier alpha value is -2.08. The zero-order valence-corrected chi connectivity index (χ0v) is 16.2. The molecule has 3 N–H and O–H groups in total. The fourth-order valence-corrected chi connectivity index (χ4v) is 2.86. The Morgan fingerprint density at radius 2 is 2.12 bits per heavy atom. The van der Waals surface area contributed by atoms with Gasteiger partial charge in [0.05, 0.1) is 25.2 Å².